The van der Waals surface area contributed by atoms with Crippen molar-refractivity contribution in [1.29, 1.82) is 0 Å². The van der Waals surface area contributed by atoms with Crippen LogP contribution in [0.3, 0.4) is 0 Å². The Labute approximate surface area is 185 Å². The molecular weight excluding hydrogens is 406 g/mol. The van der Waals surface area contributed by atoms with E-state index in [0.29, 0.717) is 22.7 Å². The summed E-state index contributed by atoms with van der Waals surface area (Å²) in [6.45, 7) is 1.86. The van der Waals surface area contributed by atoms with Crippen molar-refractivity contribution in [2.24, 2.45) is 0 Å². The van der Waals surface area contributed by atoms with E-state index in [1.54, 1.807) is 49.4 Å². The number of aromatic hydroxyl groups is 1. The lowest BCUT2D eigenvalue weighted by molar-refractivity contribution is 0.102. The van der Waals surface area contributed by atoms with Gasteiger partial charge in [0, 0.05) is 11.8 Å². The topological polar surface area (TPSA) is 85.6 Å². The molecule has 162 valence electrons. The highest BCUT2D eigenvalue weighted by molar-refractivity contribution is 6.08. The number of amides is 1. The highest BCUT2D eigenvalue weighted by Gasteiger charge is 2.21. The summed E-state index contributed by atoms with van der Waals surface area (Å²) in [6, 6.07) is 20.0. The van der Waals surface area contributed by atoms with Crippen LogP contribution in [-0.2, 0) is 0 Å². The molecule has 1 aromatic heterocycles. The molecule has 0 aliphatic carbocycles. The third-order valence-electron chi connectivity index (χ3n) is 5.05. The van der Waals surface area contributed by atoms with Crippen LogP contribution in [-0.4, -0.2) is 35.0 Å². The maximum absolute atomic E-state index is 13.2. The van der Waals surface area contributed by atoms with E-state index in [-0.39, 0.29) is 11.4 Å². The maximum atomic E-state index is 13.2. The van der Waals surface area contributed by atoms with Gasteiger partial charge in [0.15, 0.2) is 17.2 Å². The molecule has 1 amide bonds. The van der Waals surface area contributed by atoms with Crippen molar-refractivity contribution in [3.8, 4) is 34.1 Å². The van der Waals surface area contributed by atoms with E-state index >= 15 is 0 Å². The molecular formula is C25H23N3O4. The number of aryl methyl sites for hydroxylation is 1. The van der Waals surface area contributed by atoms with E-state index in [1.165, 1.54) is 0 Å². The number of benzene rings is 3. The number of para-hydroxylation sites is 1. The van der Waals surface area contributed by atoms with Crippen LogP contribution in [0.4, 0.5) is 5.69 Å². The number of rotatable bonds is 6. The minimum absolute atomic E-state index is 0.00601. The van der Waals surface area contributed by atoms with Gasteiger partial charge in [-0.1, -0.05) is 30.3 Å². The van der Waals surface area contributed by atoms with Crippen LogP contribution in [0.1, 0.15) is 16.1 Å². The summed E-state index contributed by atoms with van der Waals surface area (Å²) in [6.07, 6.45) is 1.79. The lowest BCUT2D eigenvalue weighted by atomic mass is 10.1. The molecule has 0 aliphatic heterocycles. The zero-order valence-corrected chi connectivity index (χ0v) is 18.0. The second-order valence-corrected chi connectivity index (χ2v) is 7.22. The molecule has 3 aromatic carbocycles. The molecule has 0 saturated carbocycles. The number of carbonyl (C=O) groups is 1. The smallest absolute Gasteiger partial charge is 0.276 e. The zero-order chi connectivity index (χ0) is 22.7. The summed E-state index contributed by atoms with van der Waals surface area (Å²) >= 11 is 0. The lowest BCUT2D eigenvalue weighted by Crippen LogP contribution is -2.14. The van der Waals surface area contributed by atoms with Gasteiger partial charge in [-0.2, -0.15) is 5.10 Å². The summed E-state index contributed by atoms with van der Waals surface area (Å²) in [4.78, 5) is 13.2. The van der Waals surface area contributed by atoms with Gasteiger partial charge in [-0.15, -0.1) is 0 Å². The van der Waals surface area contributed by atoms with E-state index in [2.05, 4.69) is 10.4 Å². The molecule has 0 unspecified atom stereocenters. The monoisotopic (exact) mass is 429 g/mol. The van der Waals surface area contributed by atoms with Crippen LogP contribution in [0.15, 0.2) is 72.9 Å². The number of hydrogen-bond acceptors (Lipinski definition) is 5. The van der Waals surface area contributed by atoms with Crippen molar-refractivity contribution in [3.63, 3.8) is 0 Å². The van der Waals surface area contributed by atoms with Crippen molar-refractivity contribution < 1.29 is 19.4 Å². The average Bonchev–Trinajstić information content (AvgIpc) is 3.26. The van der Waals surface area contributed by atoms with Crippen LogP contribution in [0, 0.1) is 6.92 Å². The molecule has 0 radical (unpaired) electrons. The van der Waals surface area contributed by atoms with Crippen LogP contribution in [0.2, 0.25) is 0 Å². The van der Waals surface area contributed by atoms with Gasteiger partial charge in [0.05, 0.1) is 25.6 Å². The molecule has 7 nitrogen and oxygen atoms in total. The van der Waals surface area contributed by atoms with Gasteiger partial charge < -0.3 is 19.9 Å². The Balaban J connectivity index is 1.80. The Morgan fingerprint density at radius 1 is 0.969 bits per heavy atom. The molecule has 1 heterocycles. The molecule has 0 atom stereocenters. The number of phenolic OH excluding ortho intramolecular Hbond substituents is 1. The van der Waals surface area contributed by atoms with Crippen molar-refractivity contribution in [1.82, 2.24) is 9.78 Å². The average molecular weight is 429 g/mol. The Morgan fingerprint density at radius 3 is 2.41 bits per heavy atom. The van der Waals surface area contributed by atoms with E-state index in [0.717, 1.165) is 16.8 Å². The summed E-state index contributed by atoms with van der Waals surface area (Å²) in [5, 5.41) is 17.5. The summed E-state index contributed by atoms with van der Waals surface area (Å²) in [7, 11) is 3.13. The summed E-state index contributed by atoms with van der Waals surface area (Å²) in [5.41, 5.74) is 3.57. The van der Waals surface area contributed by atoms with E-state index in [1.807, 2.05) is 49.4 Å². The summed E-state index contributed by atoms with van der Waals surface area (Å²) < 4.78 is 12.4. The van der Waals surface area contributed by atoms with Gasteiger partial charge in [-0.3, -0.25) is 4.79 Å². The standard InChI is InChI=1S/C25H23N3O4/c1-16-9-11-20(21(29)13-16)26-25(30)24-19(15-28(27-24)18-7-5-4-6-8-18)17-10-12-22(31-2)23(14-17)32-3/h4-15,29H,1-3H3,(H,26,30). The van der Waals surface area contributed by atoms with Crippen LogP contribution < -0.4 is 14.8 Å². The highest BCUT2D eigenvalue weighted by atomic mass is 16.5. The van der Waals surface area contributed by atoms with Crippen molar-refractivity contribution in [2.75, 3.05) is 19.5 Å². The highest BCUT2D eigenvalue weighted by Crippen LogP contribution is 2.34. The normalized spacial score (nSPS) is 10.6. The molecule has 4 rings (SSSR count). The van der Waals surface area contributed by atoms with E-state index in [4.69, 9.17) is 9.47 Å². The first kappa shape index (κ1) is 21.0. The number of carbonyl (C=O) groups excluding carboxylic acids is 1. The maximum Gasteiger partial charge on any atom is 0.276 e. The number of anilines is 1. The number of ether oxygens (including phenoxy) is 2. The van der Waals surface area contributed by atoms with Gasteiger partial charge in [0.1, 0.15) is 5.75 Å². The Bertz CT molecular complexity index is 1270. The number of nitrogens with one attached hydrogen (secondary N) is 1. The van der Waals surface area contributed by atoms with Crippen LogP contribution in [0.5, 0.6) is 17.2 Å². The van der Waals surface area contributed by atoms with E-state index in [9.17, 15) is 9.90 Å². The van der Waals surface area contributed by atoms with Crippen molar-refractivity contribution in [2.45, 2.75) is 6.92 Å². The third kappa shape index (κ3) is 4.13. The molecule has 0 aliphatic rings. The second kappa shape index (κ2) is 8.85. The number of methoxy groups -OCH3 is 2. The van der Waals surface area contributed by atoms with Crippen molar-refractivity contribution >= 4 is 11.6 Å². The molecule has 0 bridgehead atoms. The predicted octanol–water partition coefficient (Wildman–Crippen LogP) is 4.82. The second-order valence-electron chi connectivity index (χ2n) is 7.22. The van der Waals surface area contributed by atoms with Crippen molar-refractivity contribution in [3.05, 3.63) is 84.2 Å². The fourth-order valence-electron chi connectivity index (χ4n) is 3.40. The Hall–Kier alpha value is -4.26. The first-order chi connectivity index (χ1) is 15.5. The molecule has 2 N–H and O–H groups in total. The SMILES string of the molecule is COc1ccc(-c2cn(-c3ccccc3)nc2C(=O)Nc2ccc(C)cc2O)cc1OC. The number of aromatic nitrogens is 2. The number of phenols is 1. The molecule has 32 heavy (non-hydrogen) atoms. The predicted molar refractivity (Wildman–Crippen MR) is 123 cm³/mol. The first-order valence-electron chi connectivity index (χ1n) is 9.98. The van der Waals surface area contributed by atoms with Gasteiger partial charge in [0.25, 0.3) is 5.91 Å². The minimum Gasteiger partial charge on any atom is -0.506 e. The fourth-order valence-corrected chi connectivity index (χ4v) is 3.40. The third-order valence-corrected chi connectivity index (χ3v) is 5.05. The fraction of sp³-hybridized carbons (Fsp3) is 0.120. The first-order valence-corrected chi connectivity index (χ1v) is 9.98. The Morgan fingerprint density at radius 2 is 1.72 bits per heavy atom. The summed E-state index contributed by atoms with van der Waals surface area (Å²) in [5.74, 6) is 0.680. The molecule has 4 aromatic rings. The van der Waals surface area contributed by atoms with Gasteiger partial charge >= 0.3 is 0 Å². The Kier molecular flexibility index (Phi) is 5.81. The number of nitrogens with zero attached hydrogens (tertiary/aromatic N) is 2. The van der Waals surface area contributed by atoms with Gasteiger partial charge in [-0.25, -0.2) is 4.68 Å². The largest absolute Gasteiger partial charge is 0.506 e. The van der Waals surface area contributed by atoms with Crippen LogP contribution in [0.25, 0.3) is 16.8 Å². The molecule has 0 fully saturated rings. The quantitative estimate of drug-likeness (QED) is 0.429. The molecule has 0 saturated heterocycles. The number of hydrogen-bond donors (Lipinski definition) is 2. The molecule has 7 heteroatoms. The van der Waals surface area contributed by atoms with E-state index < -0.39 is 5.91 Å². The van der Waals surface area contributed by atoms with Crippen LogP contribution >= 0.6 is 0 Å². The van der Waals surface area contributed by atoms with Gasteiger partial charge in [0.2, 0.25) is 0 Å². The van der Waals surface area contributed by atoms with Gasteiger partial charge in [-0.05, 0) is 54.4 Å². The molecule has 0 spiro atoms. The minimum atomic E-state index is -0.441. The zero-order valence-electron chi connectivity index (χ0n) is 18.0. The lowest BCUT2D eigenvalue weighted by Gasteiger charge is -2.10.